The number of rotatable bonds is 5. The van der Waals surface area contributed by atoms with E-state index >= 15 is 0 Å². The Labute approximate surface area is 457 Å². The predicted molar refractivity (Wildman–Crippen MR) is 327 cm³/mol. The second-order valence-electron chi connectivity index (χ2n) is 23.9. The lowest BCUT2D eigenvalue weighted by Gasteiger charge is -2.32. The molecule has 0 atom stereocenters. The Kier molecular flexibility index (Phi) is 8.73. The minimum absolute atomic E-state index is 0.253. The van der Waals surface area contributed by atoms with E-state index in [1.54, 1.807) is 0 Å². The molecule has 79 heavy (non-hydrogen) atoms. The maximum Gasteiger partial charge on any atom is 0.144 e. The SMILES string of the molecule is CC1(C)c2cc(N(c3ccc4c(c3)C(C)(C)c3c5c(c6oc7ccccc7c6c3-4)-c3ccccc3C5(C)C)c3ccc4oc5ccccc5c4c3)ccc2-c2c1cc(-c1ccc(-c3ccccc3)cc1)c1oc3ccccc3c21. The largest absolute Gasteiger partial charge is 0.456 e. The molecule has 0 saturated carbocycles. The summed E-state index contributed by atoms with van der Waals surface area (Å²) in [6.45, 7) is 14.5. The first-order valence-corrected chi connectivity index (χ1v) is 27.7. The molecule has 0 bridgehead atoms. The van der Waals surface area contributed by atoms with Crippen molar-refractivity contribution < 1.29 is 13.3 Å². The minimum Gasteiger partial charge on any atom is -0.456 e. The van der Waals surface area contributed by atoms with E-state index in [9.17, 15) is 0 Å². The van der Waals surface area contributed by atoms with Crippen LogP contribution in [0.1, 0.15) is 74.9 Å². The number of para-hydroxylation sites is 3. The molecule has 376 valence electrons. The second kappa shape index (κ2) is 15.4. The summed E-state index contributed by atoms with van der Waals surface area (Å²) >= 11 is 0. The highest BCUT2D eigenvalue weighted by atomic mass is 16.3. The third-order valence-electron chi connectivity index (χ3n) is 18.6. The van der Waals surface area contributed by atoms with Gasteiger partial charge in [0.25, 0.3) is 0 Å². The van der Waals surface area contributed by atoms with Gasteiger partial charge in [0.15, 0.2) is 0 Å². The number of furan rings is 3. The van der Waals surface area contributed by atoms with Gasteiger partial charge in [0.05, 0.1) is 0 Å². The normalized spacial score (nSPS) is 15.0. The molecule has 0 aliphatic heterocycles. The van der Waals surface area contributed by atoms with Crippen molar-refractivity contribution in [3.63, 3.8) is 0 Å². The molecule has 0 fully saturated rings. The lowest BCUT2D eigenvalue weighted by molar-refractivity contribution is 0.600. The van der Waals surface area contributed by atoms with E-state index in [2.05, 4.69) is 253 Å². The first kappa shape index (κ1) is 44.7. The second-order valence-corrected chi connectivity index (χ2v) is 23.9. The van der Waals surface area contributed by atoms with Crippen LogP contribution in [0.5, 0.6) is 0 Å². The smallest absolute Gasteiger partial charge is 0.144 e. The third-order valence-corrected chi connectivity index (χ3v) is 18.6. The molecule has 17 rings (SSSR count). The van der Waals surface area contributed by atoms with Gasteiger partial charge in [-0.15, -0.1) is 0 Å². The van der Waals surface area contributed by atoms with Gasteiger partial charge in [-0.1, -0.05) is 187 Å². The van der Waals surface area contributed by atoms with Crippen molar-refractivity contribution in [1.29, 1.82) is 0 Å². The van der Waals surface area contributed by atoms with E-state index in [1.165, 1.54) is 88.7 Å². The fraction of sp³-hybridized carbons (Fsp3) is 0.120. The Bertz CT molecular complexity index is 4980. The lowest BCUT2D eigenvalue weighted by Crippen LogP contribution is -2.24. The minimum atomic E-state index is -0.368. The number of hydrogen-bond acceptors (Lipinski definition) is 4. The zero-order chi connectivity index (χ0) is 52.8. The topological polar surface area (TPSA) is 42.7 Å². The molecule has 0 unspecified atom stereocenters. The van der Waals surface area contributed by atoms with Crippen LogP contribution in [0.15, 0.2) is 226 Å². The van der Waals surface area contributed by atoms with Crippen molar-refractivity contribution in [2.45, 2.75) is 57.8 Å². The van der Waals surface area contributed by atoms with Crippen LogP contribution in [0.2, 0.25) is 0 Å². The molecular formula is C75H53NO3. The van der Waals surface area contributed by atoms with Crippen molar-refractivity contribution in [3.05, 3.63) is 246 Å². The number of benzene rings is 11. The molecule has 0 spiro atoms. The zero-order valence-electron chi connectivity index (χ0n) is 44.9. The average molecular weight is 1020 g/mol. The van der Waals surface area contributed by atoms with Crippen molar-refractivity contribution in [1.82, 2.24) is 0 Å². The molecule has 14 aromatic rings. The first-order chi connectivity index (χ1) is 38.4. The maximum atomic E-state index is 7.03. The Morgan fingerprint density at radius 2 is 0.772 bits per heavy atom. The lowest BCUT2D eigenvalue weighted by atomic mass is 9.72. The predicted octanol–water partition coefficient (Wildman–Crippen LogP) is 21.1. The van der Waals surface area contributed by atoms with Crippen molar-refractivity contribution in [2.24, 2.45) is 0 Å². The Hall–Kier alpha value is -9.38. The number of hydrogen-bond donors (Lipinski definition) is 0. The third kappa shape index (κ3) is 5.88. The van der Waals surface area contributed by atoms with E-state index in [0.717, 1.165) is 83.2 Å². The number of nitrogens with zero attached hydrogens (tertiary/aromatic N) is 1. The van der Waals surface area contributed by atoms with Crippen LogP contribution in [0.4, 0.5) is 17.1 Å². The molecule has 11 aromatic carbocycles. The maximum absolute atomic E-state index is 7.03. The summed E-state index contributed by atoms with van der Waals surface area (Å²) in [6.07, 6.45) is 0. The van der Waals surface area contributed by atoms with Gasteiger partial charge in [-0.25, -0.2) is 0 Å². The van der Waals surface area contributed by atoms with Gasteiger partial charge in [0, 0.05) is 76.8 Å². The van der Waals surface area contributed by atoms with Crippen LogP contribution in [0, 0.1) is 0 Å². The van der Waals surface area contributed by atoms with Crippen LogP contribution < -0.4 is 4.90 Å². The average Bonchev–Trinajstić information content (AvgIpc) is 4.47. The summed E-state index contributed by atoms with van der Waals surface area (Å²) in [5.74, 6) is 0. The van der Waals surface area contributed by atoms with Gasteiger partial charge in [-0.05, 0) is 145 Å². The molecule has 3 aliphatic rings. The van der Waals surface area contributed by atoms with E-state index in [1.807, 2.05) is 6.07 Å². The summed E-state index contributed by atoms with van der Waals surface area (Å²) < 4.78 is 20.5. The molecule has 0 radical (unpaired) electrons. The van der Waals surface area contributed by atoms with Crippen molar-refractivity contribution >= 4 is 82.9 Å². The highest BCUT2D eigenvalue weighted by Gasteiger charge is 2.49. The summed E-state index contributed by atoms with van der Waals surface area (Å²) in [6, 6.07) is 77.7. The molecule has 0 saturated heterocycles. The van der Waals surface area contributed by atoms with Crippen molar-refractivity contribution in [3.8, 4) is 55.6 Å². The van der Waals surface area contributed by atoms with Gasteiger partial charge < -0.3 is 18.2 Å². The highest BCUT2D eigenvalue weighted by Crippen LogP contribution is 2.64. The fourth-order valence-corrected chi connectivity index (χ4v) is 14.9. The van der Waals surface area contributed by atoms with Crippen LogP contribution in [0.25, 0.3) is 121 Å². The molecular weight excluding hydrogens is 963 g/mol. The number of anilines is 3. The quantitative estimate of drug-likeness (QED) is 0.172. The molecule has 0 N–H and O–H groups in total. The van der Waals surface area contributed by atoms with E-state index in [4.69, 9.17) is 13.3 Å². The van der Waals surface area contributed by atoms with Gasteiger partial charge in [0.2, 0.25) is 0 Å². The van der Waals surface area contributed by atoms with Crippen molar-refractivity contribution in [2.75, 3.05) is 4.90 Å². The van der Waals surface area contributed by atoms with Gasteiger partial charge in [-0.3, -0.25) is 0 Å². The van der Waals surface area contributed by atoms with Crippen LogP contribution in [-0.2, 0) is 16.2 Å². The zero-order valence-corrected chi connectivity index (χ0v) is 44.9. The Balaban J connectivity index is 0.879. The van der Waals surface area contributed by atoms with Crippen LogP contribution in [-0.4, -0.2) is 0 Å². The first-order valence-electron chi connectivity index (χ1n) is 27.7. The van der Waals surface area contributed by atoms with Crippen LogP contribution in [0.3, 0.4) is 0 Å². The molecule has 4 heteroatoms. The van der Waals surface area contributed by atoms with E-state index in [-0.39, 0.29) is 16.2 Å². The summed E-state index contributed by atoms with van der Waals surface area (Å²) in [5.41, 5.74) is 27.9. The Morgan fingerprint density at radius 3 is 1.48 bits per heavy atom. The van der Waals surface area contributed by atoms with Gasteiger partial charge in [0.1, 0.15) is 33.5 Å². The fourth-order valence-electron chi connectivity index (χ4n) is 14.9. The van der Waals surface area contributed by atoms with E-state index in [0.29, 0.717) is 0 Å². The van der Waals surface area contributed by atoms with Gasteiger partial charge in [-0.2, -0.15) is 0 Å². The van der Waals surface area contributed by atoms with Crippen LogP contribution >= 0.6 is 0 Å². The summed E-state index contributed by atoms with van der Waals surface area (Å²) in [5, 5.41) is 6.85. The molecule has 3 heterocycles. The monoisotopic (exact) mass is 1020 g/mol. The van der Waals surface area contributed by atoms with E-state index < -0.39 is 0 Å². The molecule has 3 aliphatic carbocycles. The highest BCUT2D eigenvalue weighted by molar-refractivity contribution is 6.22. The molecule has 0 amide bonds. The number of fused-ring (bicyclic) bond motifs is 22. The standard InChI is InChI=1S/C75H53NO3/c1-73(2)57-39-46(32-35-50(57)64-59(73)41-54(71-66(64)52-22-12-16-26-61(52)78-71)44-30-28-43(29-31-44)42-18-8-7-9-19-42)76(45-34-37-63-55(38-45)48-20-11-15-25-60(48)77-63)47-33-36-51-58(40-47)75(5,6)69-65(51)67-53-23-13-17-27-62(53)79-72(67)68-49-21-10-14-24-56(49)74(3,4)70(68)69/h7-41H,1-6H3. The molecule has 4 nitrogen and oxygen atoms in total. The Morgan fingerprint density at radius 1 is 0.291 bits per heavy atom. The molecule has 3 aromatic heterocycles. The van der Waals surface area contributed by atoms with Gasteiger partial charge >= 0.3 is 0 Å². The summed E-state index contributed by atoms with van der Waals surface area (Å²) in [4.78, 5) is 2.48. The summed E-state index contributed by atoms with van der Waals surface area (Å²) in [7, 11) is 0.